The Bertz CT molecular complexity index is 663. The summed E-state index contributed by atoms with van der Waals surface area (Å²) in [5.74, 6) is 1.10. The summed E-state index contributed by atoms with van der Waals surface area (Å²) in [6.45, 7) is 5.29. The molecular weight excluding hydrogens is 285 g/mol. The number of halogens is 1. The number of aromatic nitrogens is 3. The number of aryl methyl sites for hydroxylation is 1. The molecule has 22 heavy (non-hydrogen) atoms. The van der Waals surface area contributed by atoms with Crippen LogP contribution in [0.5, 0.6) is 0 Å². The molecule has 2 aromatic rings. The number of piperidine rings is 1. The van der Waals surface area contributed by atoms with Crippen LogP contribution in [-0.4, -0.2) is 50.1 Å². The number of piperazine rings is 1. The lowest BCUT2D eigenvalue weighted by molar-refractivity contribution is -0.0819. The summed E-state index contributed by atoms with van der Waals surface area (Å²) in [4.78, 5) is 13.0. The molecule has 0 spiro atoms. The lowest BCUT2D eigenvalue weighted by atomic mass is 9.87. The molecule has 0 radical (unpaired) electrons. The quantitative estimate of drug-likeness (QED) is 0.850. The zero-order chi connectivity index (χ0) is 15.1. The molecule has 7 heteroatoms. The lowest BCUT2D eigenvalue weighted by Gasteiger charge is -2.56. The van der Waals surface area contributed by atoms with Gasteiger partial charge in [0.1, 0.15) is 5.82 Å². The van der Waals surface area contributed by atoms with Crippen molar-refractivity contribution in [1.82, 2.24) is 24.9 Å². The Hall–Kier alpha value is -1.86. The van der Waals surface area contributed by atoms with Crippen LogP contribution < -0.4 is 0 Å². The van der Waals surface area contributed by atoms with Gasteiger partial charge < -0.3 is 4.52 Å². The first kappa shape index (κ1) is 13.8. The highest BCUT2D eigenvalue weighted by Crippen LogP contribution is 2.34. The maximum Gasteiger partial charge on any atom is 0.240 e. The number of hydrogen-bond donors (Lipinski definition) is 0. The van der Waals surface area contributed by atoms with Crippen LogP contribution in [0, 0.1) is 12.7 Å². The third-order valence-electron chi connectivity index (χ3n) is 4.48. The summed E-state index contributed by atoms with van der Waals surface area (Å²) in [6, 6.07) is 2.60. The topological polar surface area (TPSA) is 58.3 Å². The van der Waals surface area contributed by atoms with E-state index in [1.54, 1.807) is 12.3 Å². The predicted octanol–water partition coefficient (Wildman–Crippen LogP) is 1.37. The van der Waals surface area contributed by atoms with E-state index in [4.69, 9.17) is 4.52 Å². The van der Waals surface area contributed by atoms with Gasteiger partial charge in [0.2, 0.25) is 5.89 Å². The zero-order valence-electron chi connectivity index (χ0n) is 12.4. The molecule has 3 saturated heterocycles. The van der Waals surface area contributed by atoms with Gasteiger partial charge in [-0.15, -0.1) is 0 Å². The van der Waals surface area contributed by atoms with Crippen molar-refractivity contribution in [2.75, 3.05) is 13.1 Å². The van der Waals surface area contributed by atoms with Gasteiger partial charge in [-0.2, -0.15) is 4.98 Å². The second-order valence-electron chi connectivity index (χ2n) is 6.16. The molecule has 5 heterocycles. The number of fused-ring (bicyclic) bond motifs is 2. The molecule has 0 aromatic carbocycles. The summed E-state index contributed by atoms with van der Waals surface area (Å²) in [7, 11) is 0. The van der Waals surface area contributed by atoms with Crippen molar-refractivity contribution in [3.05, 3.63) is 41.6 Å². The van der Waals surface area contributed by atoms with Crippen molar-refractivity contribution < 1.29 is 8.91 Å². The van der Waals surface area contributed by atoms with E-state index < -0.39 is 0 Å². The van der Waals surface area contributed by atoms with E-state index >= 15 is 0 Å². The largest absolute Gasteiger partial charge is 0.338 e. The van der Waals surface area contributed by atoms with Crippen LogP contribution in [0.4, 0.5) is 4.39 Å². The molecular formula is C15H18FN5O. The second kappa shape index (κ2) is 5.40. The fraction of sp³-hybridized carbons (Fsp3) is 0.533. The zero-order valence-corrected chi connectivity index (χ0v) is 12.4. The van der Waals surface area contributed by atoms with Gasteiger partial charge >= 0.3 is 0 Å². The lowest BCUT2D eigenvalue weighted by Crippen LogP contribution is -2.67. The van der Waals surface area contributed by atoms with Crippen molar-refractivity contribution in [3.8, 4) is 0 Å². The van der Waals surface area contributed by atoms with Crippen molar-refractivity contribution in [1.29, 1.82) is 0 Å². The molecule has 0 N–H and O–H groups in total. The molecule has 2 atom stereocenters. The van der Waals surface area contributed by atoms with E-state index in [0.29, 0.717) is 23.8 Å². The van der Waals surface area contributed by atoms with E-state index in [0.717, 1.165) is 31.7 Å². The fourth-order valence-corrected chi connectivity index (χ4v) is 3.52. The molecule has 116 valence electrons. The minimum atomic E-state index is -0.270. The van der Waals surface area contributed by atoms with Crippen LogP contribution in [-0.2, 0) is 13.1 Å². The number of hydrogen-bond acceptors (Lipinski definition) is 6. The minimum absolute atomic E-state index is 0.270. The van der Waals surface area contributed by atoms with Gasteiger partial charge in [-0.05, 0) is 25.0 Å². The molecule has 2 bridgehead atoms. The SMILES string of the molecule is Cc1noc(CN2C3CC2CN(Cc2cncc(F)c2)C3)n1. The summed E-state index contributed by atoms with van der Waals surface area (Å²) in [5, 5.41) is 3.84. The third-order valence-corrected chi connectivity index (χ3v) is 4.48. The summed E-state index contributed by atoms with van der Waals surface area (Å²) in [5.41, 5.74) is 0.931. The van der Waals surface area contributed by atoms with Crippen LogP contribution in [0.2, 0.25) is 0 Å². The average Bonchev–Trinajstić information content (AvgIpc) is 2.90. The monoisotopic (exact) mass is 303 g/mol. The van der Waals surface area contributed by atoms with Crippen molar-refractivity contribution >= 4 is 0 Å². The van der Waals surface area contributed by atoms with Gasteiger partial charge in [0.25, 0.3) is 0 Å². The van der Waals surface area contributed by atoms with Crippen molar-refractivity contribution in [2.24, 2.45) is 0 Å². The normalized spacial score (nSPS) is 25.2. The number of nitrogens with zero attached hydrogens (tertiary/aromatic N) is 5. The molecule has 2 aromatic heterocycles. The first-order valence-electron chi connectivity index (χ1n) is 7.54. The Morgan fingerprint density at radius 1 is 1.27 bits per heavy atom. The standard InChI is InChI=1S/C15H18FN5O/c1-10-18-15(22-19-10)9-21-13-3-14(21)8-20(7-13)6-11-2-12(16)5-17-4-11/h2,4-5,13-14H,3,6-9H2,1H3. The van der Waals surface area contributed by atoms with Crippen LogP contribution in [0.25, 0.3) is 0 Å². The Kier molecular flexibility index (Phi) is 3.38. The number of rotatable bonds is 4. The number of pyridine rings is 1. The average molecular weight is 303 g/mol. The van der Waals surface area contributed by atoms with E-state index in [1.165, 1.54) is 12.6 Å². The highest BCUT2D eigenvalue weighted by molar-refractivity contribution is 5.11. The Labute approximate surface area is 127 Å². The molecule has 3 fully saturated rings. The molecule has 5 rings (SSSR count). The Morgan fingerprint density at radius 3 is 2.77 bits per heavy atom. The van der Waals surface area contributed by atoms with Gasteiger partial charge in [-0.1, -0.05) is 5.16 Å². The van der Waals surface area contributed by atoms with Crippen LogP contribution >= 0.6 is 0 Å². The molecule has 2 unspecified atom stereocenters. The van der Waals surface area contributed by atoms with E-state index in [2.05, 4.69) is 24.9 Å². The van der Waals surface area contributed by atoms with Gasteiger partial charge in [0.05, 0.1) is 12.7 Å². The van der Waals surface area contributed by atoms with E-state index in [9.17, 15) is 4.39 Å². The summed E-state index contributed by atoms with van der Waals surface area (Å²) < 4.78 is 18.4. The highest BCUT2D eigenvalue weighted by atomic mass is 19.1. The molecule has 3 aliphatic heterocycles. The molecule has 0 saturated carbocycles. The Balaban J connectivity index is 1.36. The minimum Gasteiger partial charge on any atom is -0.338 e. The molecule has 0 aliphatic carbocycles. The Morgan fingerprint density at radius 2 is 2.09 bits per heavy atom. The maximum absolute atomic E-state index is 13.2. The molecule has 6 nitrogen and oxygen atoms in total. The van der Waals surface area contributed by atoms with Crippen LogP contribution in [0.3, 0.4) is 0 Å². The van der Waals surface area contributed by atoms with Gasteiger partial charge in [0.15, 0.2) is 5.82 Å². The van der Waals surface area contributed by atoms with Gasteiger partial charge in [-0.3, -0.25) is 14.8 Å². The molecule has 0 amide bonds. The second-order valence-corrected chi connectivity index (χ2v) is 6.16. The van der Waals surface area contributed by atoms with Gasteiger partial charge in [0, 0.05) is 37.9 Å². The van der Waals surface area contributed by atoms with Crippen molar-refractivity contribution in [2.45, 2.75) is 38.5 Å². The van der Waals surface area contributed by atoms with E-state index in [-0.39, 0.29) is 5.82 Å². The third kappa shape index (κ3) is 2.62. The van der Waals surface area contributed by atoms with Crippen LogP contribution in [0.1, 0.15) is 23.7 Å². The highest BCUT2D eigenvalue weighted by Gasteiger charge is 2.44. The van der Waals surface area contributed by atoms with E-state index in [1.807, 2.05) is 6.92 Å². The predicted molar refractivity (Wildman–Crippen MR) is 76.2 cm³/mol. The molecule has 3 aliphatic rings. The first-order valence-corrected chi connectivity index (χ1v) is 7.54. The van der Waals surface area contributed by atoms with Gasteiger partial charge in [-0.25, -0.2) is 4.39 Å². The fourth-order valence-electron chi connectivity index (χ4n) is 3.52. The summed E-state index contributed by atoms with van der Waals surface area (Å²) >= 11 is 0. The van der Waals surface area contributed by atoms with Crippen LogP contribution in [0.15, 0.2) is 23.0 Å². The summed E-state index contributed by atoms with van der Waals surface area (Å²) in [6.07, 6.45) is 4.19. The maximum atomic E-state index is 13.2. The van der Waals surface area contributed by atoms with Crippen molar-refractivity contribution in [3.63, 3.8) is 0 Å². The first-order chi connectivity index (χ1) is 10.7. The smallest absolute Gasteiger partial charge is 0.240 e.